The fourth-order valence-electron chi connectivity index (χ4n) is 2.52. The standard InChI is InChI=1S/C17H24N2O2/c1-12(17(2,3)4)19-11-10-14(20)18-15(16(19)21)13-8-6-5-7-9-13/h5-9,12,15H,10-11H2,1-4H3,(H,18,20). The zero-order valence-corrected chi connectivity index (χ0v) is 13.2. The molecule has 0 bridgehead atoms. The normalized spacial score (nSPS) is 21.7. The van der Waals surface area contributed by atoms with E-state index in [1.807, 2.05) is 35.2 Å². The van der Waals surface area contributed by atoms with Crippen LogP contribution in [-0.2, 0) is 9.59 Å². The van der Waals surface area contributed by atoms with Crippen LogP contribution in [0.2, 0.25) is 0 Å². The molecule has 2 amide bonds. The Morgan fingerprint density at radius 2 is 1.81 bits per heavy atom. The van der Waals surface area contributed by atoms with Crippen LogP contribution < -0.4 is 5.32 Å². The van der Waals surface area contributed by atoms with Crippen LogP contribution in [-0.4, -0.2) is 29.3 Å². The Morgan fingerprint density at radius 3 is 2.38 bits per heavy atom. The summed E-state index contributed by atoms with van der Waals surface area (Å²) in [5.74, 6) is -0.0877. The fraction of sp³-hybridized carbons (Fsp3) is 0.529. The first kappa shape index (κ1) is 15.5. The summed E-state index contributed by atoms with van der Waals surface area (Å²) < 4.78 is 0. The van der Waals surface area contributed by atoms with Crippen LogP contribution in [0.15, 0.2) is 30.3 Å². The molecule has 1 aliphatic heterocycles. The van der Waals surface area contributed by atoms with Gasteiger partial charge in [0, 0.05) is 19.0 Å². The molecule has 4 nitrogen and oxygen atoms in total. The molecule has 1 aliphatic rings. The quantitative estimate of drug-likeness (QED) is 0.909. The van der Waals surface area contributed by atoms with E-state index in [0.29, 0.717) is 13.0 Å². The van der Waals surface area contributed by atoms with E-state index in [4.69, 9.17) is 0 Å². The second kappa shape index (κ2) is 5.88. The van der Waals surface area contributed by atoms with E-state index in [-0.39, 0.29) is 23.3 Å². The van der Waals surface area contributed by atoms with Crippen molar-refractivity contribution in [3.8, 4) is 0 Å². The van der Waals surface area contributed by atoms with Gasteiger partial charge < -0.3 is 10.2 Å². The van der Waals surface area contributed by atoms with Crippen molar-refractivity contribution < 1.29 is 9.59 Å². The van der Waals surface area contributed by atoms with E-state index in [2.05, 4.69) is 33.0 Å². The van der Waals surface area contributed by atoms with E-state index in [9.17, 15) is 9.59 Å². The van der Waals surface area contributed by atoms with Crippen molar-refractivity contribution in [2.24, 2.45) is 5.41 Å². The summed E-state index contributed by atoms with van der Waals surface area (Å²) in [5, 5.41) is 2.85. The average Bonchev–Trinajstić information content (AvgIpc) is 2.58. The van der Waals surface area contributed by atoms with Gasteiger partial charge in [-0.1, -0.05) is 51.1 Å². The minimum absolute atomic E-state index is 0.0190. The monoisotopic (exact) mass is 288 g/mol. The maximum atomic E-state index is 12.9. The van der Waals surface area contributed by atoms with Gasteiger partial charge in [-0.05, 0) is 17.9 Å². The first-order chi connectivity index (χ1) is 9.80. The Kier molecular flexibility index (Phi) is 4.35. The first-order valence-corrected chi connectivity index (χ1v) is 7.45. The molecular formula is C17H24N2O2. The molecule has 0 aliphatic carbocycles. The maximum Gasteiger partial charge on any atom is 0.250 e. The molecule has 1 fully saturated rings. The molecule has 1 heterocycles. The Labute approximate surface area is 126 Å². The number of carbonyl (C=O) groups excluding carboxylic acids is 2. The summed E-state index contributed by atoms with van der Waals surface area (Å²) in [4.78, 5) is 26.7. The van der Waals surface area contributed by atoms with Crippen molar-refractivity contribution in [1.29, 1.82) is 0 Å². The lowest BCUT2D eigenvalue weighted by atomic mass is 9.86. The van der Waals surface area contributed by atoms with Gasteiger partial charge in [0.05, 0.1) is 0 Å². The largest absolute Gasteiger partial charge is 0.340 e. The lowest BCUT2D eigenvalue weighted by Gasteiger charge is -2.38. The van der Waals surface area contributed by atoms with Crippen LogP contribution in [0.5, 0.6) is 0 Å². The summed E-state index contributed by atoms with van der Waals surface area (Å²) in [6.07, 6.45) is 0.357. The summed E-state index contributed by atoms with van der Waals surface area (Å²) in [7, 11) is 0. The third-order valence-corrected chi connectivity index (χ3v) is 4.27. The summed E-state index contributed by atoms with van der Waals surface area (Å²) in [6.45, 7) is 8.87. The van der Waals surface area contributed by atoms with Gasteiger partial charge in [-0.2, -0.15) is 0 Å². The van der Waals surface area contributed by atoms with Gasteiger partial charge in [0.15, 0.2) is 0 Å². The Balaban J connectivity index is 2.33. The Morgan fingerprint density at radius 1 is 1.19 bits per heavy atom. The van der Waals surface area contributed by atoms with Crippen LogP contribution in [0.4, 0.5) is 0 Å². The molecule has 0 radical (unpaired) electrons. The molecule has 0 aromatic heterocycles. The number of nitrogens with one attached hydrogen (secondary N) is 1. The molecule has 1 N–H and O–H groups in total. The van der Waals surface area contributed by atoms with Crippen LogP contribution >= 0.6 is 0 Å². The number of hydrogen-bond donors (Lipinski definition) is 1. The smallest absolute Gasteiger partial charge is 0.250 e. The molecule has 1 aromatic carbocycles. The number of benzene rings is 1. The molecular weight excluding hydrogens is 264 g/mol. The number of carbonyl (C=O) groups is 2. The van der Waals surface area contributed by atoms with Crippen molar-refractivity contribution in [1.82, 2.24) is 10.2 Å². The van der Waals surface area contributed by atoms with Crippen LogP contribution in [0, 0.1) is 5.41 Å². The average molecular weight is 288 g/mol. The predicted molar refractivity (Wildman–Crippen MR) is 82.6 cm³/mol. The lowest BCUT2D eigenvalue weighted by molar-refractivity contribution is -0.137. The fourth-order valence-corrected chi connectivity index (χ4v) is 2.52. The van der Waals surface area contributed by atoms with E-state index >= 15 is 0 Å². The van der Waals surface area contributed by atoms with Gasteiger partial charge >= 0.3 is 0 Å². The number of rotatable bonds is 2. The molecule has 114 valence electrons. The highest BCUT2D eigenvalue weighted by Crippen LogP contribution is 2.28. The lowest BCUT2D eigenvalue weighted by Crippen LogP contribution is -2.48. The van der Waals surface area contributed by atoms with Crippen molar-refractivity contribution in [3.63, 3.8) is 0 Å². The van der Waals surface area contributed by atoms with Crippen LogP contribution in [0.1, 0.15) is 45.7 Å². The second-order valence-corrected chi connectivity index (χ2v) is 6.73. The third-order valence-electron chi connectivity index (χ3n) is 4.27. The van der Waals surface area contributed by atoms with Crippen molar-refractivity contribution in [2.45, 2.75) is 46.2 Å². The van der Waals surface area contributed by atoms with Crippen molar-refractivity contribution in [3.05, 3.63) is 35.9 Å². The van der Waals surface area contributed by atoms with Crippen LogP contribution in [0.3, 0.4) is 0 Å². The molecule has 4 heteroatoms. The number of amides is 2. The van der Waals surface area contributed by atoms with E-state index < -0.39 is 6.04 Å². The van der Waals surface area contributed by atoms with Gasteiger partial charge in [-0.3, -0.25) is 9.59 Å². The highest BCUT2D eigenvalue weighted by molar-refractivity contribution is 5.91. The topological polar surface area (TPSA) is 49.4 Å². The number of hydrogen-bond acceptors (Lipinski definition) is 2. The summed E-state index contributed by atoms with van der Waals surface area (Å²) >= 11 is 0. The molecule has 1 saturated heterocycles. The number of nitrogens with zero attached hydrogens (tertiary/aromatic N) is 1. The van der Waals surface area contributed by atoms with Crippen molar-refractivity contribution >= 4 is 11.8 Å². The first-order valence-electron chi connectivity index (χ1n) is 7.45. The minimum Gasteiger partial charge on any atom is -0.340 e. The second-order valence-electron chi connectivity index (χ2n) is 6.73. The van der Waals surface area contributed by atoms with Gasteiger partial charge in [0.1, 0.15) is 6.04 Å². The Bertz CT molecular complexity index is 519. The highest BCUT2D eigenvalue weighted by Gasteiger charge is 2.36. The maximum absolute atomic E-state index is 12.9. The third kappa shape index (κ3) is 3.43. The molecule has 0 spiro atoms. The SMILES string of the molecule is CC(N1CCC(=O)NC(c2ccccc2)C1=O)C(C)(C)C. The summed E-state index contributed by atoms with van der Waals surface area (Å²) in [6, 6.07) is 8.94. The molecule has 2 unspecified atom stereocenters. The van der Waals surface area contributed by atoms with E-state index in [1.165, 1.54) is 0 Å². The van der Waals surface area contributed by atoms with Crippen molar-refractivity contribution in [2.75, 3.05) is 6.54 Å². The zero-order chi connectivity index (χ0) is 15.6. The van der Waals surface area contributed by atoms with Gasteiger partial charge in [-0.15, -0.1) is 0 Å². The Hall–Kier alpha value is -1.84. The zero-order valence-electron chi connectivity index (χ0n) is 13.2. The molecule has 2 rings (SSSR count). The van der Waals surface area contributed by atoms with Gasteiger partial charge in [0.25, 0.3) is 0 Å². The van der Waals surface area contributed by atoms with Crippen LogP contribution in [0.25, 0.3) is 0 Å². The molecule has 1 aromatic rings. The molecule has 21 heavy (non-hydrogen) atoms. The van der Waals surface area contributed by atoms with Gasteiger partial charge in [0.2, 0.25) is 11.8 Å². The minimum atomic E-state index is -0.578. The molecule has 2 atom stereocenters. The summed E-state index contributed by atoms with van der Waals surface area (Å²) in [5.41, 5.74) is 0.813. The van der Waals surface area contributed by atoms with E-state index in [0.717, 1.165) is 5.56 Å². The highest BCUT2D eigenvalue weighted by atomic mass is 16.2. The molecule has 0 saturated carbocycles. The van der Waals surface area contributed by atoms with E-state index in [1.54, 1.807) is 0 Å². The predicted octanol–water partition coefficient (Wildman–Crippen LogP) is 2.51. The van der Waals surface area contributed by atoms with Gasteiger partial charge in [-0.25, -0.2) is 0 Å².